The van der Waals surface area contributed by atoms with Crippen molar-refractivity contribution in [2.45, 2.75) is 13.3 Å². The molecule has 0 bridgehead atoms. The van der Waals surface area contributed by atoms with Crippen molar-refractivity contribution >= 4 is 17.7 Å². The Morgan fingerprint density at radius 2 is 1.62 bits per heavy atom. The standard InChI is InChI=1S/C11H10O5/c1-2-9(12)6-3-4-7(10(13)14)8(5-6)11(15)16/h3-5H,2H2,1H3,(H,13,14)(H,15,16). The van der Waals surface area contributed by atoms with Crippen LogP contribution in [0.5, 0.6) is 0 Å². The van der Waals surface area contributed by atoms with Gasteiger partial charge in [0.1, 0.15) is 0 Å². The first-order chi connectivity index (χ1) is 7.47. The quantitative estimate of drug-likeness (QED) is 0.756. The number of hydrogen-bond donors (Lipinski definition) is 2. The van der Waals surface area contributed by atoms with E-state index in [1.54, 1.807) is 6.92 Å². The number of carboxylic acid groups (broad SMARTS) is 2. The lowest BCUT2D eigenvalue weighted by Crippen LogP contribution is -2.10. The van der Waals surface area contributed by atoms with Gasteiger partial charge in [-0.1, -0.05) is 13.0 Å². The van der Waals surface area contributed by atoms with E-state index in [-0.39, 0.29) is 28.9 Å². The molecular formula is C11H10O5. The minimum atomic E-state index is -1.36. The highest BCUT2D eigenvalue weighted by Gasteiger charge is 2.17. The van der Waals surface area contributed by atoms with Crippen LogP contribution in [0.4, 0.5) is 0 Å². The average Bonchev–Trinajstić information content (AvgIpc) is 2.26. The minimum absolute atomic E-state index is 0.213. The maximum atomic E-state index is 11.3. The second-order valence-electron chi connectivity index (χ2n) is 3.15. The molecule has 1 aromatic carbocycles. The van der Waals surface area contributed by atoms with E-state index in [1.165, 1.54) is 6.07 Å². The lowest BCUT2D eigenvalue weighted by molar-refractivity contribution is 0.0651. The van der Waals surface area contributed by atoms with Crippen molar-refractivity contribution in [3.05, 3.63) is 34.9 Å². The zero-order valence-electron chi connectivity index (χ0n) is 8.56. The topological polar surface area (TPSA) is 91.7 Å². The third-order valence-corrected chi connectivity index (χ3v) is 2.12. The summed E-state index contributed by atoms with van der Waals surface area (Å²) in [4.78, 5) is 32.9. The summed E-state index contributed by atoms with van der Waals surface area (Å²) in [5.74, 6) is -2.91. The van der Waals surface area contributed by atoms with E-state index < -0.39 is 11.9 Å². The van der Waals surface area contributed by atoms with E-state index in [2.05, 4.69) is 0 Å². The van der Waals surface area contributed by atoms with E-state index in [4.69, 9.17) is 10.2 Å². The molecule has 0 radical (unpaired) electrons. The van der Waals surface area contributed by atoms with Crippen LogP contribution in [0.15, 0.2) is 18.2 Å². The van der Waals surface area contributed by atoms with E-state index in [0.717, 1.165) is 12.1 Å². The second-order valence-corrected chi connectivity index (χ2v) is 3.15. The van der Waals surface area contributed by atoms with Crippen molar-refractivity contribution < 1.29 is 24.6 Å². The fraction of sp³-hybridized carbons (Fsp3) is 0.182. The fourth-order valence-electron chi connectivity index (χ4n) is 1.29. The van der Waals surface area contributed by atoms with Gasteiger partial charge in [0, 0.05) is 12.0 Å². The molecule has 5 nitrogen and oxygen atoms in total. The number of carboxylic acids is 2. The molecule has 0 aliphatic rings. The summed E-state index contributed by atoms with van der Waals surface area (Å²) in [6.45, 7) is 1.65. The summed E-state index contributed by atoms with van der Waals surface area (Å²) in [6.07, 6.45) is 0.242. The Morgan fingerprint density at radius 3 is 2.06 bits per heavy atom. The van der Waals surface area contributed by atoms with Crippen LogP contribution in [0.25, 0.3) is 0 Å². The molecule has 0 saturated carbocycles. The van der Waals surface area contributed by atoms with Crippen LogP contribution in [0.2, 0.25) is 0 Å². The summed E-state index contributed by atoms with van der Waals surface area (Å²) >= 11 is 0. The molecule has 0 unspecified atom stereocenters. The lowest BCUT2D eigenvalue weighted by Gasteiger charge is -2.04. The van der Waals surface area contributed by atoms with Gasteiger partial charge in [-0.15, -0.1) is 0 Å². The number of benzene rings is 1. The van der Waals surface area contributed by atoms with Crippen LogP contribution in [0, 0.1) is 0 Å². The molecule has 0 fully saturated rings. The SMILES string of the molecule is CCC(=O)c1ccc(C(=O)O)c(C(=O)O)c1. The molecular weight excluding hydrogens is 212 g/mol. The van der Waals surface area contributed by atoms with Gasteiger partial charge in [-0.3, -0.25) is 4.79 Å². The van der Waals surface area contributed by atoms with Crippen molar-refractivity contribution in [1.29, 1.82) is 0 Å². The third kappa shape index (κ3) is 2.25. The Morgan fingerprint density at radius 1 is 1.06 bits per heavy atom. The number of hydrogen-bond acceptors (Lipinski definition) is 3. The van der Waals surface area contributed by atoms with Gasteiger partial charge in [-0.25, -0.2) is 9.59 Å². The number of carbonyl (C=O) groups excluding carboxylic acids is 1. The molecule has 0 saturated heterocycles. The predicted molar refractivity (Wildman–Crippen MR) is 55.0 cm³/mol. The van der Waals surface area contributed by atoms with Crippen molar-refractivity contribution in [3.63, 3.8) is 0 Å². The highest BCUT2D eigenvalue weighted by atomic mass is 16.4. The Labute approximate surface area is 91.3 Å². The molecule has 0 aliphatic heterocycles. The molecule has 0 heterocycles. The average molecular weight is 222 g/mol. The number of ketones is 1. The molecule has 5 heteroatoms. The predicted octanol–water partition coefficient (Wildman–Crippen LogP) is 1.68. The van der Waals surface area contributed by atoms with Gasteiger partial charge in [0.15, 0.2) is 5.78 Å². The summed E-state index contributed by atoms with van der Waals surface area (Å²) in [5.41, 5.74) is -0.475. The summed E-state index contributed by atoms with van der Waals surface area (Å²) in [6, 6.07) is 3.55. The first-order valence-electron chi connectivity index (χ1n) is 4.61. The minimum Gasteiger partial charge on any atom is -0.478 e. The molecule has 0 spiro atoms. The molecule has 0 aromatic heterocycles. The van der Waals surface area contributed by atoms with Gasteiger partial charge in [-0.2, -0.15) is 0 Å². The Bertz CT molecular complexity index is 461. The van der Waals surface area contributed by atoms with E-state index >= 15 is 0 Å². The summed E-state index contributed by atoms with van der Waals surface area (Å²) < 4.78 is 0. The van der Waals surface area contributed by atoms with Crippen LogP contribution in [0.3, 0.4) is 0 Å². The van der Waals surface area contributed by atoms with Crippen LogP contribution in [-0.2, 0) is 0 Å². The molecule has 0 amide bonds. The first kappa shape index (κ1) is 11.9. The Hall–Kier alpha value is -2.17. The molecule has 1 aromatic rings. The number of aromatic carboxylic acids is 2. The Balaban J connectivity index is 3.34. The zero-order chi connectivity index (χ0) is 12.3. The fourth-order valence-corrected chi connectivity index (χ4v) is 1.29. The Kier molecular flexibility index (Phi) is 3.40. The van der Waals surface area contributed by atoms with Gasteiger partial charge < -0.3 is 10.2 Å². The molecule has 0 aliphatic carbocycles. The molecule has 0 atom stereocenters. The van der Waals surface area contributed by atoms with E-state index in [0.29, 0.717) is 0 Å². The van der Waals surface area contributed by atoms with Gasteiger partial charge in [0.05, 0.1) is 11.1 Å². The monoisotopic (exact) mass is 222 g/mol. The van der Waals surface area contributed by atoms with Crippen LogP contribution >= 0.6 is 0 Å². The summed E-state index contributed by atoms with van der Waals surface area (Å²) in [5, 5.41) is 17.6. The van der Waals surface area contributed by atoms with E-state index in [9.17, 15) is 14.4 Å². The van der Waals surface area contributed by atoms with Crippen molar-refractivity contribution in [2.75, 3.05) is 0 Å². The lowest BCUT2D eigenvalue weighted by atomic mass is 10.0. The molecule has 84 valence electrons. The highest BCUT2D eigenvalue weighted by molar-refractivity contribution is 6.05. The highest BCUT2D eigenvalue weighted by Crippen LogP contribution is 2.14. The van der Waals surface area contributed by atoms with Crippen molar-refractivity contribution in [2.24, 2.45) is 0 Å². The zero-order valence-corrected chi connectivity index (χ0v) is 8.56. The van der Waals surface area contributed by atoms with Gasteiger partial charge in [0.25, 0.3) is 0 Å². The number of Topliss-reactive ketones (excluding diaryl/α,β-unsaturated/α-hetero) is 1. The largest absolute Gasteiger partial charge is 0.478 e. The summed E-state index contributed by atoms with van der Waals surface area (Å²) in [7, 11) is 0. The maximum absolute atomic E-state index is 11.3. The second kappa shape index (κ2) is 4.57. The number of carbonyl (C=O) groups is 3. The molecule has 16 heavy (non-hydrogen) atoms. The van der Waals surface area contributed by atoms with E-state index in [1.807, 2.05) is 0 Å². The van der Waals surface area contributed by atoms with Crippen LogP contribution in [0.1, 0.15) is 44.4 Å². The third-order valence-electron chi connectivity index (χ3n) is 2.12. The van der Waals surface area contributed by atoms with Gasteiger partial charge >= 0.3 is 11.9 Å². The van der Waals surface area contributed by atoms with Crippen LogP contribution < -0.4 is 0 Å². The smallest absolute Gasteiger partial charge is 0.336 e. The number of rotatable bonds is 4. The van der Waals surface area contributed by atoms with Crippen molar-refractivity contribution in [1.82, 2.24) is 0 Å². The molecule has 2 N–H and O–H groups in total. The van der Waals surface area contributed by atoms with Crippen molar-refractivity contribution in [3.8, 4) is 0 Å². The van der Waals surface area contributed by atoms with Gasteiger partial charge in [-0.05, 0) is 12.1 Å². The first-order valence-corrected chi connectivity index (χ1v) is 4.61. The molecule has 1 rings (SSSR count). The van der Waals surface area contributed by atoms with Crippen LogP contribution in [-0.4, -0.2) is 27.9 Å². The maximum Gasteiger partial charge on any atom is 0.336 e. The normalized spacial score (nSPS) is 9.81. The van der Waals surface area contributed by atoms with Gasteiger partial charge in [0.2, 0.25) is 0 Å².